The van der Waals surface area contributed by atoms with E-state index in [0.29, 0.717) is 30.3 Å². The van der Waals surface area contributed by atoms with Gasteiger partial charge in [-0.3, -0.25) is 0 Å². The van der Waals surface area contributed by atoms with Crippen molar-refractivity contribution in [3.63, 3.8) is 0 Å². The van der Waals surface area contributed by atoms with Crippen LogP contribution < -0.4 is 10.1 Å². The summed E-state index contributed by atoms with van der Waals surface area (Å²) in [6.07, 6.45) is 0. The molecule has 23 heavy (non-hydrogen) atoms. The molecule has 114 valence electrons. The Hall–Kier alpha value is -2.97. The fraction of sp³-hybridized carbons (Fsp3) is 0.167. The Labute approximate surface area is 134 Å². The molecule has 2 aromatic carbocycles. The van der Waals surface area contributed by atoms with Gasteiger partial charge in [0.25, 0.3) is 0 Å². The number of hydrogen-bond acceptors (Lipinski definition) is 5. The van der Waals surface area contributed by atoms with Gasteiger partial charge in [0, 0.05) is 12.1 Å². The highest BCUT2D eigenvalue weighted by molar-refractivity contribution is 5.79. The highest BCUT2D eigenvalue weighted by atomic mass is 16.5. The Balaban J connectivity index is 2.11. The van der Waals surface area contributed by atoms with E-state index in [1.54, 1.807) is 12.1 Å². The lowest BCUT2D eigenvalue weighted by molar-refractivity contribution is 0.308. The first-order valence-corrected chi connectivity index (χ1v) is 7.36. The molecule has 3 aromatic rings. The van der Waals surface area contributed by atoms with E-state index in [2.05, 4.69) is 21.4 Å². The van der Waals surface area contributed by atoms with Crippen molar-refractivity contribution in [1.82, 2.24) is 15.3 Å². The third-order valence-electron chi connectivity index (χ3n) is 3.39. The van der Waals surface area contributed by atoms with E-state index in [4.69, 9.17) is 10.00 Å². The second-order valence-corrected chi connectivity index (χ2v) is 5.01. The largest absolute Gasteiger partial charge is 0.475 e. The molecule has 0 spiro atoms. The van der Waals surface area contributed by atoms with Crippen LogP contribution in [0.3, 0.4) is 0 Å². The third kappa shape index (κ3) is 3.28. The number of ether oxygens (including phenoxy) is 1. The summed E-state index contributed by atoms with van der Waals surface area (Å²) in [4.78, 5) is 9.27. The maximum atomic E-state index is 9.10. The first-order chi connectivity index (χ1) is 11.3. The molecule has 0 aliphatic heterocycles. The van der Waals surface area contributed by atoms with E-state index in [1.807, 2.05) is 43.4 Å². The number of aromatic nitrogens is 2. The summed E-state index contributed by atoms with van der Waals surface area (Å²) in [5, 5.41) is 12.1. The fourth-order valence-corrected chi connectivity index (χ4v) is 2.26. The van der Waals surface area contributed by atoms with Gasteiger partial charge in [-0.15, -0.1) is 0 Å². The van der Waals surface area contributed by atoms with Gasteiger partial charge in [0.15, 0.2) is 0 Å². The van der Waals surface area contributed by atoms with Crippen LogP contribution in [0.15, 0.2) is 48.5 Å². The second-order valence-electron chi connectivity index (χ2n) is 5.01. The van der Waals surface area contributed by atoms with Crippen LogP contribution in [0.25, 0.3) is 22.3 Å². The van der Waals surface area contributed by atoms with Crippen molar-refractivity contribution in [2.24, 2.45) is 0 Å². The molecule has 0 atom stereocenters. The summed E-state index contributed by atoms with van der Waals surface area (Å²) in [5.74, 6) is 0.481. The predicted molar refractivity (Wildman–Crippen MR) is 89.1 cm³/mol. The topological polar surface area (TPSA) is 70.8 Å². The Kier molecular flexibility index (Phi) is 4.46. The highest BCUT2D eigenvalue weighted by Crippen LogP contribution is 2.29. The molecule has 0 fully saturated rings. The van der Waals surface area contributed by atoms with Crippen LogP contribution in [-0.2, 0) is 0 Å². The van der Waals surface area contributed by atoms with Crippen molar-refractivity contribution >= 4 is 11.0 Å². The van der Waals surface area contributed by atoms with Gasteiger partial charge in [-0.05, 0) is 31.3 Å². The molecule has 0 bridgehead atoms. The first-order valence-electron chi connectivity index (χ1n) is 7.36. The molecule has 1 N–H and O–H groups in total. The molecular formula is C18H16N4O. The zero-order chi connectivity index (χ0) is 16.1. The quantitative estimate of drug-likeness (QED) is 0.734. The fourth-order valence-electron chi connectivity index (χ4n) is 2.26. The van der Waals surface area contributed by atoms with Crippen LogP contribution in [0, 0.1) is 11.3 Å². The Morgan fingerprint density at radius 2 is 1.87 bits per heavy atom. The highest BCUT2D eigenvalue weighted by Gasteiger charge is 2.13. The second kappa shape index (κ2) is 6.86. The molecule has 1 aromatic heterocycles. The normalized spacial score (nSPS) is 10.4. The zero-order valence-electron chi connectivity index (χ0n) is 12.8. The van der Waals surface area contributed by atoms with E-state index in [9.17, 15) is 0 Å². The molecule has 0 aliphatic carbocycles. The number of nitriles is 1. The van der Waals surface area contributed by atoms with Crippen molar-refractivity contribution in [2.75, 3.05) is 20.2 Å². The summed E-state index contributed by atoms with van der Waals surface area (Å²) < 4.78 is 5.79. The Morgan fingerprint density at radius 1 is 1.09 bits per heavy atom. The lowest BCUT2D eigenvalue weighted by Gasteiger charge is -2.11. The van der Waals surface area contributed by atoms with E-state index < -0.39 is 0 Å². The van der Waals surface area contributed by atoms with E-state index in [1.165, 1.54) is 0 Å². The van der Waals surface area contributed by atoms with Crippen LogP contribution >= 0.6 is 0 Å². The Bertz CT molecular complexity index is 870. The molecule has 1 heterocycles. The lowest BCUT2D eigenvalue weighted by Crippen LogP contribution is -2.16. The van der Waals surface area contributed by atoms with E-state index in [-0.39, 0.29) is 0 Å². The number of fused-ring (bicyclic) bond motifs is 1. The zero-order valence-corrected chi connectivity index (χ0v) is 12.8. The van der Waals surface area contributed by atoms with Crippen molar-refractivity contribution in [3.05, 3.63) is 54.1 Å². The van der Waals surface area contributed by atoms with Crippen LogP contribution in [0.1, 0.15) is 5.56 Å². The number of benzene rings is 2. The predicted octanol–water partition coefficient (Wildman–Crippen LogP) is 2.77. The minimum atomic E-state index is 0.481. The van der Waals surface area contributed by atoms with Crippen LogP contribution in [0.4, 0.5) is 0 Å². The minimum absolute atomic E-state index is 0.481. The van der Waals surface area contributed by atoms with Crippen molar-refractivity contribution in [3.8, 4) is 23.2 Å². The van der Waals surface area contributed by atoms with E-state index >= 15 is 0 Å². The molecule has 5 nitrogen and oxygen atoms in total. The summed E-state index contributed by atoms with van der Waals surface area (Å²) in [6.45, 7) is 1.21. The van der Waals surface area contributed by atoms with Gasteiger partial charge in [-0.2, -0.15) is 5.26 Å². The molecule has 5 heteroatoms. The average Bonchev–Trinajstić information content (AvgIpc) is 2.61. The first kappa shape index (κ1) is 14.9. The number of para-hydroxylation sites is 2. The SMILES string of the molecule is CNCCOc1nc2ccccc2nc1-c1cccc(C#N)c1. The molecule has 0 amide bonds. The van der Waals surface area contributed by atoms with Gasteiger partial charge in [0.1, 0.15) is 12.3 Å². The van der Waals surface area contributed by atoms with Crippen LogP contribution in [0.2, 0.25) is 0 Å². The summed E-state index contributed by atoms with van der Waals surface area (Å²) in [6, 6.07) is 17.1. The summed E-state index contributed by atoms with van der Waals surface area (Å²) >= 11 is 0. The average molecular weight is 304 g/mol. The lowest BCUT2D eigenvalue weighted by atomic mass is 10.1. The number of rotatable bonds is 5. The molecule has 0 unspecified atom stereocenters. The van der Waals surface area contributed by atoms with Crippen molar-refractivity contribution in [1.29, 1.82) is 5.26 Å². The summed E-state index contributed by atoms with van der Waals surface area (Å²) in [7, 11) is 1.87. The van der Waals surface area contributed by atoms with Gasteiger partial charge in [0.2, 0.25) is 5.88 Å². The van der Waals surface area contributed by atoms with Gasteiger partial charge in [0.05, 0.1) is 22.7 Å². The maximum absolute atomic E-state index is 9.10. The van der Waals surface area contributed by atoms with Gasteiger partial charge in [-0.1, -0.05) is 24.3 Å². The van der Waals surface area contributed by atoms with Crippen molar-refractivity contribution < 1.29 is 4.74 Å². The molecular weight excluding hydrogens is 288 g/mol. The number of nitrogens with one attached hydrogen (secondary N) is 1. The van der Waals surface area contributed by atoms with Crippen LogP contribution in [-0.4, -0.2) is 30.2 Å². The van der Waals surface area contributed by atoms with Crippen LogP contribution in [0.5, 0.6) is 5.88 Å². The molecule has 0 saturated carbocycles. The minimum Gasteiger partial charge on any atom is -0.475 e. The molecule has 3 rings (SSSR count). The number of hydrogen-bond donors (Lipinski definition) is 1. The maximum Gasteiger partial charge on any atom is 0.241 e. The van der Waals surface area contributed by atoms with Gasteiger partial charge < -0.3 is 10.1 Å². The van der Waals surface area contributed by atoms with E-state index in [0.717, 1.165) is 16.6 Å². The summed E-state index contributed by atoms with van der Waals surface area (Å²) in [5.41, 5.74) is 3.63. The number of likely N-dealkylation sites (N-methyl/N-ethyl adjacent to an activating group) is 1. The molecule has 0 radical (unpaired) electrons. The Morgan fingerprint density at radius 3 is 2.61 bits per heavy atom. The standard InChI is InChI=1S/C18H16N4O/c1-20-9-10-23-18-17(14-6-4-5-13(11-14)12-19)21-15-7-2-3-8-16(15)22-18/h2-8,11,20H,9-10H2,1H3. The molecule has 0 saturated heterocycles. The molecule has 0 aliphatic rings. The van der Waals surface area contributed by atoms with Crippen molar-refractivity contribution in [2.45, 2.75) is 0 Å². The third-order valence-corrected chi connectivity index (χ3v) is 3.39. The monoisotopic (exact) mass is 304 g/mol. The number of nitrogens with zero attached hydrogens (tertiary/aromatic N) is 3. The van der Waals surface area contributed by atoms with Gasteiger partial charge in [-0.25, -0.2) is 9.97 Å². The smallest absolute Gasteiger partial charge is 0.241 e. The van der Waals surface area contributed by atoms with Gasteiger partial charge >= 0.3 is 0 Å².